The molecule has 6 nitrogen and oxygen atoms in total. The molecule has 0 bridgehead atoms. The van der Waals surface area contributed by atoms with Crippen molar-refractivity contribution in [1.29, 1.82) is 0 Å². The number of fused-ring (bicyclic) bond motifs is 1. The predicted octanol–water partition coefficient (Wildman–Crippen LogP) is 3.07. The molecule has 1 atom stereocenters. The quantitative estimate of drug-likeness (QED) is 0.723. The lowest BCUT2D eigenvalue weighted by atomic mass is 10.1. The van der Waals surface area contributed by atoms with E-state index in [-0.39, 0.29) is 12.0 Å². The van der Waals surface area contributed by atoms with Crippen LogP contribution in [0.5, 0.6) is 6.01 Å². The lowest BCUT2D eigenvalue weighted by molar-refractivity contribution is 0.0516. The van der Waals surface area contributed by atoms with E-state index in [4.69, 9.17) is 16.3 Å². The summed E-state index contributed by atoms with van der Waals surface area (Å²) in [6.45, 7) is 1.25. The molecule has 0 radical (unpaired) electrons. The SMILES string of the molecule is O=C(c1cc2ccccn2c1)N1CCC[C@H](Oc2ncc(Cl)cn2)C1. The Morgan fingerprint density at radius 1 is 1.28 bits per heavy atom. The number of carbonyl (C=O) groups excluding carboxylic acids is 1. The van der Waals surface area contributed by atoms with E-state index in [1.807, 2.05) is 46.0 Å². The molecule has 1 amide bonds. The summed E-state index contributed by atoms with van der Waals surface area (Å²) in [7, 11) is 0. The summed E-state index contributed by atoms with van der Waals surface area (Å²) in [6.07, 6.45) is 8.45. The molecule has 0 aromatic carbocycles. The molecule has 25 heavy (non-hydrogen) atoms. The van der Waals surface area contributed by atoms with Crippen molar-refractivity contribution in [3.63, 3.8) is 0 Å². The Morgan fingerprint density at radius 2 is 2.12 bits per heavy atom. The first-order valence-electron chi connectivity index (χ1n) is 8.19. The van der Waals surface area contributed by atoms with Crippen LogP contribution in [0.25, 0.3) is 5.52 Å². The average Bonchev–Trinajstić information content (AvgIpc) is 3.07. The lowest BCUT2D eigenvalue weighted by Gasteiger charge is -2.32. The summed E-state index contributed by atoms with van der Waals surface area (Å²) < 4.78 is 7.76. The molecule has 0 aliphatic carbocycles. The Kier molecular flexibility index (Phi) is 4.28. The molecule has 4 rings (SSSR count). The Morgan fingerprint density at radius 3 is 2.92 bits per heavy atom. The van der Waals surface area contributed by atoms with E-state index in [1.165, 1.54) is 12.4 Å². The molecule has 1 fully saturated rings. The van der Waals surface area contributed by atoms with E-state index in [0.29, 0.717) is 23.1 Å². The number of piperidine rings is 1. The standard InChI is InChI=1S/C18H17ClN4O2/c19-14-9-20-18(21-10-14)25-16-5-3-7-23(12-16)17(24)13-8-15-4-1-2-6-22(15)11-13/h1-2,4,6,8-11,16H,3,5,7,12H2/t16-/m0/s1. The van der Waals surface area contributed by atoms with Gasteiger partial charge in [0.1, 0.15) is 6.10 Å². The van der Waals surface area contributed by atoms with Crippen LogP contribution in [0.15, 0.2) is 49.1 Å². The van der Waals surface area contributed by atoms with E-state index in [2.05, 4.69) is 9.97 Å². The smallest absolute Gasteiger partial charge is 0.316 e. The number of carbonyl (C=O) groups is 1. The van der Waals surface area contributed by atoms with Crippen LogP contribution in [0.4, 0.5) is 0 Å². The van der Waals surface area contributed by atoms with E-state index < -0.39 is 0 Å². The van der Waals surface area contributed by atoms with Gasteiger partial charge in [0.05, 0.1) is 29.5 Å². The van der Waals surface area contributed by atoms with Gasteiger partial charge in [-0.2, -0.15) is 0 Å². The molecule has 1 aliphatic heterocycles. The molecule has 1 aliphatic rings. The van der Waals surface area contributed by atoms with Gasteiger partial charge in [-0.25, -0.2) is 9.97 Å². The molecule has 0 unspecified atom stereocenters. The van der Waals surface area contributed by atoms with Crippen LogP contribution in [0.2, 0.25) is 5.02 Å². The number of hydrogen-bond donors (Lipinski definition) is 0. The fraction of sp³-hybridized carbons (Fsp3) is 0.278. The minimum atomic E-state index is -0.115. The third kappa shape index (κ3) is 3.44. The van der Waals surface area contributed by atoms with Crippen LogP contribution in [0.1, 0.15) is 23.2 Å². The van der Waals surface area contributed by atoms with E-state index in [1.54, 1.807) is 0 Å². The van der Waals surface area contributed by atoms with Gasteiger partial charge in [0.25, 0.3) is 5.91 Å². The van der Waals surface area contributed by atoms with Crippen molar-refractivity contribution in [3.8, 4) is 6.01 Å². The van der Waals surface area contributed by atoms with Gasteiger partial charge in [0.15, 0.2) is 0 Å². The van der Waals surface area contributed by atoms with Crippen molar-refractivity contribution in [2.75, 3.05) is 13.1 Å². The molecule has 3 aromatic rings. The second-order valence-corrected chi connectivity index (χ2v) is 6.52. The van der Waals surface area contributed by atoms with E-state index in [0.717, 1.165) is 24.9 Å². The maximum Gasteiger partial charge on any atom is 0.316 e. The predicted molar refractivity (Wildman–Crippen MR) is 94.0 cm³/mol. The fourth-order valence-corrected chi connectivity index (χ4v) is 3.18. The number of aromatic nitrogens is 3. The number of amides is 1. The zero-order chi connectivity index (χ0) is 17.2. The Labute approximate surface area is 150 Å². The zero-order valence-corrected chi connectivity index (χ0v) is 14.3. The van der Waals surface area contributed by atoms with Gasteiger partial charge in [-0.1, -0.05) is 17.7 Å². The number of likely N-dealkylation sites (tertiary alicyclic amines) is 1. The monoisotopic (exact) mass is 356 g/mol. The molecule has 4 heterocycles. The molecule has 3 aromatic heterocycles. The van der Waals surface area contributed by atoms with Crippen LogP contribution in [0.3, 0.4) is 0 Å². The summed E-state index contributed by atoms with van der Waals surface area (Å²) in [5.74, 6) is 0.0222. The molecule has 1 saturated heterocycles. The Hall–Kier alpha value is -2.60. The molecule has 0 saturated carbocycles. The summed E-state index contributed by atoms with van der Waals surface area (Å²) in [6, 6.07) is 8.09. The van der Waals surface area contributed by atoms with Crippen LogP contribution in [0, 0.1) is 0 Å². The van der Waals surface area contributed by atoms with Crippen LogP contribution >= 0.6 is 11.6 Å². The van der Waals surface area contributed by atoms with Crippen molar-refractivity contribution in [1.82, 2.24) is 19.3 Å². The van der Waals surface area contributed by atoms with Gasteiger partial charge < -0.3 is 14.0 Å². The van der Waals surface area contributed by atoms with Crippen LogP contribution in [-0.2, 0) is 0 Å². The molecule has 0 spiro atoms. The number of rotatable bonds is 3. The summed E-state index contributed by atoms with van der Waals surface area (Å²) in [5, 5.41) is 0.466. The number of ether oxygens (including phenoxy) is 1. The molecular weight excluding hydrogens is 340 g/mol. The van der Waals surface area contributed by atoms with Crippen LogP contribution < -0.4 is 4.74 Å². The van der Waals surface area contributed by atoms with Crippen molar-refractivity contribution in [3.05, 3.63) is 59.6 Å². The van der Waals surface area contributed by atoms with Gasteiger partial charge in [-0.05, 0) is 31.0 Å². The van der Waals surface area contributed by atoms with Gasteiger partial charge in [0.2, 0.25) is 0 Å². The normalized spacial score (nSPS) is 17.6. The van der Waals surface area contributed by atoms with Gasteiger partial charge >= 0.3 is 6.01 Å². The Balaban J connectivity index is 1.46. The first-order chi connectivity index (χ1) is 12.2. The van der Waals surface area contributed by atoms with Crippen molar-refractivity contribution in [2.24, 2.45) is 0 Å². The highest BCUT2D eigenvalue weighted by Gasteiger charge is 2.26. The number of hydrogen-bond acceptors (Lipinski definition) is 4. The third-order valence-electron chi connectivity index (χ3n) is 4.29. The fourth-order valence-electron chi connectivity index (χ4n) is 3.08. The largest absolute Gasteiger partial charge is 0.458 e. The molecular formula is C18H17ClN4O2. The highest BCUT2D eigenvalue weighted by atomic mass is 35.5. The van der Waals surface area contributed by atoms with Crippen molar-refractivity contribution < 1.29 is 9.53 Å². The molecule has 7 heteroatoms. The van der Waals surface area contributed by atoms with Gasteiger partial charge in [0, 0.05) is 24.5 Å². The van der Waals surface area contributed by atoms with Crippen molar-refractivity contribution in [2.45, 2.75) is 18.9 Å². The summed E-state index contributed by atoms with van der Waals surface area (Å²) >= 11 is 5.79. The van der Waals surface area contributed by atoms with Gasteiger partial charge in [-0.3, -0.25) is 4.79 Å². The highest BCUT2D eigenvalue weighted by molar-refractivity contribution is 6.30. The number of pyridine rings is 1. The van der Waals surface area contributed by atoms with Crippen LogP contribution in [-0.4, -0.2) is 44.4 Å². The van der Waals surface area contributed by atoms with Crippen molar-refractivity contribution >= 4 is 23.0 Å². The molecule has 128 valence electrons. The average molecular weight is 357 g/mol. The van der Waals surface area contributed by atoms with Gasteiger partial charge in [-0.15, -0.1) is 0 Å². The maximum absolute atomic E-state index is 12.8. The third-order valence-corrected chi connectivity index (χ3v) is 4.48. The number of halogens is 1. The number of nitrogens with zero attached hydrogens (tertiary/aromatic N) is 4. The minimum Gasteiger partial charge on any atom is -0.458 e. The first kappa shape index (κ1) is 15.9. The topological polar surface area (TPSA) is 59.7 Å². The Bertz CT molecular complexity index is 860. The van der Waals surface area contributed by atoms with E-state index in [9.17, 15) is 4.79 Å². The lowest BCUT2D eigenvalue weighted by Crippen LogP contribution is -2.44. The highest BCUT2D eigenvalue weighted by Crippen LogP contribution is 2.19. The summed E-state index contributed by atoms with van der Waals surface area (Å²) in [4.78, 5) is 22.8. The zero-order valence-electron chi connectivity index (χ0n) is 13.5. The second-order valence-electron chi connectivity index (χ2n) is 6.08. The first-order valence-corrected chi connectivity index (χ1v) is 8.57. The summed E-state index contributed by atoms with van der Waals surface area (Å²) in [5.41, 5.74) is 1.69. The maximum atomic E-state index is 12.8. The minimum absolute atomic E-state index is 0.0222. The van der Waals surface area contributed by atoms with E-state index >= 15 is 0 Å². The second kappa shape index (κ2) is 6.72. The molecule has 0 N–H and O–H groups in total.